The first-order chi connectivity index (χ1) is 11.2. The van der Waals surface area contributed by atoms with Crippen molar-refractivity contribution in [3.05, 3.63) is 23.8 Å². The molecule has 0 aliphatic carbocycles. The lowest BCUT2D eigenvalue weighted by Gasteiger charge is -2.36. The van der Waals surface area contributed by atoms with Gasteiger partial charge in [-0.05, 0) is 37.8 Å². The van der Waals surface area contributed by atoms with E-state index >= 15 is 0 Å². The molecule has 1 fully saturated rings. The van der Waals surface area contributed by atoms with E-state index in [0.29, 0.717) is 43.2 Å². The lowest BCUT2D eigenvalue weighted by molar-refractivity contribution is 0.0570. The van der Waals surface area contributed by atoms with Crippen molar-refractivity contribution in [3.8, 4) is 11.5 Å². The summed E-state index contributed by atoms with van der Waals surface area (Å²) in [7, 11) is 1.57. The molecular weight excluding hydrogens is 296 g/mol. The number of nitrogens with two attached hydrogens (primary N) is 1. The van der Waals surface area contributed by atoms with Gasteiger partial charge in [0.15, 0.2) is 0 Å². The van der Waals surface area contributed by atoms with Gasteiger partial charge in [-0.1, -0.05) is 0 Å². The molecule has 6 nitrogen and oxygen atoms in total. The van der Waals surface area contributed by atoms with E-state index in [1.807, 2.05) is 4.90 Å². The van der Waals surface area contributed by atoms with Crippen molar-refractivity contribution in [2.45, 2.75) is 31.7 Å². The number of hydrogen-bond donors (Lipinski definition) is 2. The maximum atomic E-state index is 13.0. The molecule has 1 aliphatic rings. The number of piperidine rings is 1. The molecule has 0 aromatic heterocycles. The van der Waals surface area contributed by atoms with E-state index in [9.17, 15) is 9.90 Å². The molecule has 0 bridgehead atoms. The third-order valence-corrected chi connectivity index (χ3v) is 4.14. The fourth-order valence-corrected chi connectivity index (χ4v) is 2.97. The van der Waals surface area contributed by atoms with E-state index < -0.39 is 0 Å². The molecule has 1 unspecified atom stereocenters. The van der Waals surface area contributed by atoms with Crippen LogP contribution in [0.4, 0.5) is 0 Å². The zero-order valence-electron chi connectivity index (χ0n) is 13.7. The summed E-state index contributed by atoms with van der Waals surface area (Å²) in [5.41, 5.74) is 6.02. The molecule has 1 atom stereocenters. The largest absolute Gasteiger partial charge is 0.497 e. The van der Waals surface area contributed by atoms with Crippen LogP contribution in [0.1, 0.15) is 36.0 Å². The Balaban J connectivity index is 2.25. The number of benzene rings is 1. The first kappa shape index (κ1) is 17.6. The Morgan fingerprint density at radius 2 is 2.26 bits per heavy atom. The zero-order chi connectivity index (χ0) is 16.7. The monoisotopic (exact) mass is 322 g/mol. The number of ether oxygens (including phenoxy) is 2. The fraction of sp³-hybridized carbons (Fsp3) is 0.588. The van der Waals surface area contributed by atoms with E-state index in [1.165, 1.54) is 0 Å². The summed E-state index contributed by atoms with van der Waals surface area (Å²) in [5, 5.41) is 9.23. The van der Waals surface area contributed by atoms with Crippen LogP contribution < -0.4 is 15.2 Å². The second-order valence-corrected chi connectivity index (χ2v) is 5.66. The molecule has 1 aliphatic heterocycles. The predicted molar refractivity (Wildman–Crippen MR) is 87.9 cm³/mol. The third kappa shape index (κ3) is 4.36. The summed E-state index contributed by atoms with van der Waals surface area (Å²) in [6, 6.07) is 5.30. The first-order valence-electron chi connectivity index (χ1n) is 8.14. The van der Waals surface area contributed by atoms with Gasteiger partial charge >= 0.3 is 0 Å². The highest BCUT2D eigenvalue weighted by molar-refractivity contribution is 5.97. The number of aliphatic hydroxyl groups excluding tert-OH is 1. The first-order valence-corrected chi connectivity index (χ1v) is 8.14. The Kier molecular flexibility index (Phi) is 6.67. The molecule has 1 amide bonds. The quantitative estimate of drug-likeness (QED) is 0.793. The standard InChI is InChI=1S/C17H26N2O4/c1-22-14-5-6-15(16(12-14)23-11-8-18)17(21)19-9-3-2-4-13(19)7-10-20/h5-6,12-13,20H,2-4,7-11,18H2,1H3. The van der Waals surface area contributed by atoms with Gasteiger partial charge in [-0.3, -0.25) is 4.79 Å². The highest BCUT2D eigenvalue weighted by atomic mass is 16.5. The van der Waals surface area contributed by atoms with Crippen molar-refractivity contribution in [1.82, 2.24) is 4.90 Å². The van der Waals surface area contributed by atoms with Crippen molar-refractivity contribution in [3.63, 3.8) is 0 Å². The van der Waals surface area contributed by atoms with Crippen LogP contribution in [0, 0.1) is 0 Å². The van der Waals surface area contributed by atoms with Crippen LogP contribution in [0.3, 0.4) is 0 Å². The average Bonchev–Trinajstić information content (AvgIpc) is 2.60. The summed E-state index contributed by atoms with van der Waals surface area (Å²) in [6.45, 7) is 1.52. The Hall–Kier alpha value is -1.79. The van der Waals surface area contributed by atoms with Crippen molar-refractivity contribution in [2.24, 2.45) is 5.73 Å². The second-order valence-electron chi connectivity index (χ2n) is 5.66. The zero-order valence-corrected chi connectivity index (χ0v) is 13.7. The summed E-state index contributed by atoms with van der Waals surface area (Å²) in [5.74, 6) is 1.07. The molecule has 23 heavy (non-hydrogen) atoms. The van der Waals surface area contributed by atoms with E-state index in [-0.39, 0.29) is 18.6 Å². The molecule has 1 aromatic carbocycles. The van der Waals surface area contributed by atoms with Crippen LogP contribution in [0.25, 0.3) is 0 Å². The number of hydrogen-bond acceptors (Lipinski definition) is 5. The number of methoxy groups -OCH3 is 1. The molecule has 1 aromatic rings. The second kappa shape index (κ2) is 8.74. The predicted octanol–water partition coefficient (Wildman–Crippen LogP) is 1.41. The van der Waals surface area contributed by atoms with E-state index in [2.05, 4.69) is 0 Å². The molecule has 6 heteroatoms. The summed E-state index contributed by atoms with van der Waals surface area (Å²) in [4.78, 5) is 14.8. The number of rotatable bonds is 7. The van der Waals surface area contributed by atoms with Crippen LogP contribution >= 0.6 is 0 Å². The lowest BCUT2D eigenvalue weighted by Crippen LogP contribution is -2.44. The van der Waals surface area contributed by atoms with Crippen molar-refractivity contribution < 1.29 is 19.4 Å². The SMILES string of the molecule is COc1ccc(C(=O)N2CCCCC2CCO)c(OCCN)c1. The number of amides is 1. The number of nitrogens with zero attached hydrogens (tertiary/aromatic N) is 1. The van der Waals surface area contributed by atoms with Gasteiger partial charge in [-0.2, -0.15) is 0 Å². The van der Waals surface area contributed by atoms with E-state index in [0.717, 1.165) is 19.3 Å². The van der Waals surface area contributed by atoms with E-state index in [1.54, 1.807) is 25.3 Å². The Bertz CT molecular complexity index is 519. The Morgan fingerprint density at radius 1 is 1.43 bits per heavy atom. The normalized spacial score (nSPS) is 17.9. The third-order valence-electron chi connectivity index (χ3n) is 4.14. The van der Waals surface area contributed by atoms with Gasteiger partial charge in [-0.25, -0.2) is 0 Å². The molecule has 128 valence electrons. The van der Waals surface area contributed by atoms with Gasteiger partial charge < -0.3 is 25.2 Å². The minimum Gasteiger partial charge on any atom is -0.497 e. The van der Waals surface area contributed by atoms with Gasteiger partial charge in [0, 0.05) is 31.8 Å². The highest BCUT2D eigenvalue weighted by Gasteiger charge is 2.28. The van der Waals surface area contributed by atoms with Gasteiger partial charge in [0.2, 0.25) is 0 Å². The van der Waals surface area contributed by atoms with Gasteiger partial charge in [0.05, 0.1) is 12.7 Å². The Labute approximate surface area is 137 Å². The molecule has 3 N–H and O–H groups in total. The molecule has 1 heterocycles. The maximum absolute atomic E-state index is 13.0. The molecule has 0 radical (unpaired) electrons. The average molecular weight is 322 g/mol. The summed E-state index contributed by atoms with van der Waals surface area (Å²) >= 11 is 0. The molecule has 2 rings (SSSR count). The van der Waals surface area contributed by atoms with Crippen molar-refractivity contribution in [2.75, 3.05) is 33.4 Å². The number of likely N-dealkylation sites (tertiary alicyclic amines) is 1. The highest BCUT2D eigenvalue weighted by Crippen LogP contribution is 2.29. The minimum atomic E-state index is -0.0576. The number of aliphatic hydroxyl groups is 1. The number of carbonyl (C=O) groups is 1. The van der Waals surface area contributed by atoms with E-state index in [4.69, 9.17) is 15.2 Å². The van der Waals surface area contributed by atoms with Gasteiger partial charge in [-0.15, -0.1) is 0 Å². The summed E-state index contributed by atoms with van der Waals surface area (Å²) < 4.78 is 10.8. The number of carbonyl (C=O) groups excluding carboxylic acids is 1. The van der Waals surface area contributed by atoms with Crippen LogP contribution in [0.2, 0.25) is 0 Å². The maximum Gasteiger partial charge on any atom is 0.257 e. The van der Waals surface area contributed by atoms with Gasteiger partial charge in [0.25, 0.3) is 5.91 Å². The van der Waals surface area contributed by atoms with Crippen LogP contribution in [-0.4, -0.2) is 55.4 Å². The molecule has 0 saturated carbocycles. The van der Waals surface area contributed by atoms with Crippen LogP contribution in [0.15, 0.2) is 18.2 Å². The Morgan fingerprint density at radius 3 is 2.96 bits per heavy atom. The van der Waals surface area contributed by atoms with Gasteiger partial charge in [0.1, 0.15) is 18.1 Å². The van der Waals surface area contributed by atoms with Crippen molar-refractivity contribution in [1.29, 1.82) is 0 Å². The molecular formula is C17H26N2O4. The molecule has 0 spiro atoms. The smallest absolute Gasteiger partial charge is 0.257 e. The summed E-state index contributed by atoms with van der Waals surface area (Å²) in [6.07, 6.45) is 3.62. The van der Waals surface area contributed by atoms with Crippen LogP contribution in [-0.2, 0) is 0 Å². The fourth-order valence-electron chi connectivity index (χ4n) is 2.97. The minimum absolute atomic E-state index is 0.0576. The van der Waals surface area contributed by atoms with Crippen molar-refractivity contribution >= 4 is 5.91 Å². The lowest BCUT2D eigenvalue weighted by atomic mass is 9.98. The molecule has 1 saturated heterocycles. The topological polar surface area (TPSA) is 85.0 Å². The van der Waals surface area contributed by atoms with Crippen LogP contribution in [0.5, 0.6) is 11.5 Å².